The van der Waals surface area contributed by atoms with E-state index in [1.165, 1.54) is 12.1 Å². The highest BCUT2D eigenvalue weighted by Gasteiger charge is 2.08. The van der Waals surface area contributed by atoms with Crippen LogP contribution < -0.4 is 0 Å². The van der Waals surface area contributed by atoms with Crippen molar-refractivity contribution in [2.75, 3.05) is 13.2 Å². The summed E-state index contributed by atoms with van der Waals surface area (Å²) >= 11 is 0. The molecule has 0 amide bonds. The van der Waals surface area contributed by atoms with Crippen LogP contribution in [0.1, 0.15) is 24.8 Å². The molecule has 3 heteroatoms. The summed E-state index contributed by atoms with van der Waals surface area (Å²) in [6.45, 7) is 0.306. The Labute approximate surface area is 95.7 Å². The lowest BCUT2D eigenvalue weighted by atomic mass is 9.95. The average Bonchev–Trinajstić information content (AvgIpc) is 2.28. The van der Waals surface area contributed by atoms with Gasteiger partial charge in [0.25, 0.3) is 0 Å². The third-order valence-corrected chi connectivity index (χ3v) is 2.69. The van der Waals surface area contributed by atoms with Crippen LogP contribution >= 0.6 is 0 Å². The van der Waals surface area contributed by atoms with E-state index in [1.54, 1.807) is 6.07 Å². The molecule has 1 aromatic carbocycles. The predicted molar refractivity (Wildman–Crippen MR) is 61.6 cm³/mol. The van der Waals surface area contributed by atoms with Crippen molar-refractivity contribution in [3.8, 4) is 0 Å². The maximum Gasteiger partial charge on any atom is 0.123 e. The van der Waals surface area contributed by atoms with Gasteiger partial charge in [0.2, 0.25) is 0 Å². The fraction of sp³-hybridized carbons (Fsp3) is 0.538. The largest absolute Gasteiger partial charge is 0.396 e. The first-order valence-corrected chi connectivity index (χ1v) is 5.72. The van der Waals surface area contributed by atoms with Crippen LogP contribution in [0.2, 0.25) is 0 Å². The minimum absolute atomic E-state index is 0.113. The van der Waals surface area contributed by atoms with Gasteiger partial charge in [0.1, 0.15) is 5.82 Å². The van der Waals surface area contributed by atoms with Gasteiger partial charge in [0.15, 0.2) is 0 Å². The molecule has 0 fully saturated rings. The maximum atomic E-state index is 12.9. The minimum atomic E-state index is -0.232. The molecule has 1 rings (SSSR count). The van der Waals surface area contributed by atoms with Crippen molar-refractivity contribution in [3.05, 3.63) is 35.6 Å². The molecule has 0 unspecified atom stereocenters. The van der Waals surface area contributed by atoms with Crippen LogP contribution in [0.3, 0.4) is 0 Å². The molecule has 0 saturated carbocycles. The zero-order valence-electron chi connectivity index (χ0n) is 9.40. The predicted octanol–water partition coefficient (Wildman–Crippen LogP) is 2.14. The van der Waals surface area contributed by atoms with Gasteiger partial charge >= 0.3 is 0 Å². The zero-order valence-corrected chi connectivity index (χ0v) is 9.40. The first-order chi connectivity index (χ1) is 7.76. The Morgan fingerprint density at radius 1 is 1.19 bits per heavy atom. The molecular formula is C13H19FO2. The second-order valence-electron chi connectivity index (χ2n) is 4.10. The molecule has 0 radical (unpaired) electrons. The Bertz CT molecular complexity index is 302. The quantitative estimate of drug-likeness (QED) is 0.699. The molecular weight excluding hydrogens is 207 g/mol. The molecule has 2 nitrogen and oxygen atoms in total. The van der Waals surface area contributed by atoms with Crippen LogP contribution in [0.4, 0.5) is 4.39 Å². The van der Waals surface area contributed by atoms with Crippen LogP contribution in [-0.2, 0) is 6.42 Å². The van der Waals surface area contributed by atoms with Gasteiger partial charge in [-0.2, -0.15) is 0 Å². The summed E-state index contributed by atoms with van der Waals surface area (Å²) in [4.78, 5) is 0. The monoisotopic (exact) mass is 226 g/mol. The van der Waals surface area contributed by atoms with Gasteiger partial charge in [0, 0.05) is 13.2 Å². The van der Waals surface area contributed by atoms with Crippen LogP contribution in [0, 0.1) is 11.7 Å². The molecule has 0 aliphatic rings. The summed E-state index contributed by atoms with van der Waals surface area (Å²) in [5, 5.41) is 17.9. The molecule has 0 heterocycles. The van der Waals surface area contributed by atoms with Crippen LogP contribution in [0.25, 0.3) is 0 Å². The Hall–Kier alpha value is -0.930. The first kappa shape index (κ1) is 13.1. The van der Waals surface area contributed by atoms with Gasteiger partial charge in [0.05, 0.1) is 0 Å². The van der Waals surface area contributed by atoms with E-state index in [0.717, 1.165) is 24.8 Å². The number of unbranched alkanes of at least 4 members (excludes halogenated alkanes) is 1. The van der Waals surface area contributed by atoms with Gasteiger partial charge in [-0.15, -0.1) is 0 Å². The van der Waals surface area contributed by atoms with Crippen molar-refractivity contribution in [1.82, 2.24) is 0 Å². The molecule has 1 atom stereocenters. The molecule has 0 saturated heterocycles. The van der Waals surface area contributed by atoms with Crippen molar-refractivity contribution in [3.63, 3.8) is 0 Å². The van der Waals surface area contributed by atoms with Crippen LogP contribution in [0.15, 0.2) is 24.3 Å². The highest BCUT2D eigenvalue weighted by Crippen LogP contribution is 2.15. The number of aliphatic hydroxyl groups is 2. The number of hydrogen-bond donors (Lipinski definition) is 2. The Morgan fingerprint density at radius 2 is 2.00 bits per heavy atom. The summed E-state index contributed by atoms with van der Waals surface area (Å²) < 4.78 is 12.9. The lowest BCUT2D eigenvalue weighted by molar-refractivity contribution is 0.209. The fourth-order valence-electron chi connectivity index (χ4n) is 1.80. The van der Waals surface area contributed by atoms with Gasteiger partial charge < -0.3 is 10.2 Å². The second-order valence-corrected chi connectivity index (χ2v) is 4.10. The first-order valence-electron chi connectivity index (χ1n) is 5.72. The van der Waals surface area contributed by atoms with Crippen molar-refractivity contribution >= 4 is 0 Å². The number of halogens is 1. The van der Waals surface area contributed by atoms with E-state index < -0.39 is 0 Å². The van der Waals surface area contributed by atoms with Crippen molar-refractivity contribution < 1.29 is 14.6 Å². The SMILES string of the molecule is OCCCC[C@@H](CO)Cc1cccc(F)c1. The highest BCUT2D eigenvalue weighted by molar-refractivity contribution is 5.16. The highest BCUT2D eigenvalue weighted by atomic mass is 19.1. The van der Waals surface area contributed by atoms with Gasteiger partial charge in [-0.25, -0.2) is 4.39 Å². The van der Waals surface area contributed by atoms with Crippen molar-refractivity contribution in [2.24, 2.45) is 5.92 Å². The minimum Gasteiger partial charge on any atom is -0.396 e. The summed E-state index contributed by atoms with van der Waals surface area (Å²) in [7, 11) is 0. The fourth-order valence-corrected chi connectivity index (χ4v) is 1.80. The Balaban J connectivity index is 2.43. The number of hydrogen-bond acceptors (Lipinski definition) is 2. The van der Waals surface area contributed by atoms with E-state index in [4.69, 9.17) is 5.11 Å². The molecule has 0 aliphatic carbocycles. The van der Waals surface area contributed by atoms with E-state index in [-0.39, 0.29) is 24.9 Å². The van der Waals surface area contributed by atoms with Crippen LogP contribution in [-0.4, -0.2) is 23.4 Å². The summed E-state index contributed by atoms with van der Waals surface area (Å²) in [5.41, 5.74) is 0.919. The second kappa shape index (κ2) is 7.36. The Kier molecular flexibility index (Phi) is 6.04. The molecule has 16 heavy (non-hydrogen) atoms. The van der Waals surface area contributed by atoms with E-state index in [2.05, 4.69) is 0 Å². The molecule has 2 N–H and O–H groups in total. The number of aliphatic hydroxyl groups excluding tert-OH is 2. The summed E-state index contributed by atoms with van der Waals surface area (Å²) in [6, 6.07) is 6.49. The summed E-state index contributed by atoms with van der Waals surface area (Å²) in [6.07, 6.45) is 3.23. The van der Waals surface area contributed by atoms with Gasteiger partial charge in [-0.1, -0.05) is 18.6 Å². The molecule has 0 bridgehead atoms. The van der Waals surface area contributed by atoms with E-state index in [0.29, 0.717) is 6.42 Å². The molecule has 0 aliphatic heterocycles. The zero-order chi connectivity index (χ0) is 11.8. The number of rotatable bonds is 7. The number of benzene rings is 1. The lowest BCUT2D eigenvalue weighted by Gasteiger charge is -2.13. The maximum absolute atomic E-state index is 12.9. The van der Waals surface area contributed by atoms with E-state index in [1.807, 2.05) is 6.07 Å². The molecule has 1 aromatic rings. The molecule has 0 spiro atoms. The third kappa shape index (κ3) is 4.73. The normalized spacial score (nSPS) is 12.7. The van der Waals surface area contributed by atoms with Gasteiger partial charge in [-0.05, 0) is 42.9 Å². The molecule has 90 valence electrons. The Morgan fingerprint density at radius 3 is 2.62 bits per heavy atom. The summed E-state index contributed by atoms with van der Waals surface area (Å²) in [5.74, 6) is -0.0714. The third-order valence-electron chi connectivity index (χ3n) is 2.69. The molecule has 0 aromatic heterocycles. The van der Waals surface area contributed by atoms with E-state index in [9.17, 15) is 9.50 Å². The van der Waals surface area contributed by atoms with Crippen molar-refractivity contribution in [1.29, 1.82) is 0 Å². The topological polar surface area (TPSA) is 40.5 Å². The average molecular weight is 226 g/mol. The van der Waals surface area contributed by atoms with Crippen LogP contribution in [0.5, 0.6) is 0 Å². The van der Waals surface area contributed by atoms with Crippen molar-refractivity contribution in [2.45, 2.75) is 25.7 Å². The van der Waals surface area contributed by atoms with Gasteiger partial charge in [-0.3, -0.25) is 0 Å². The van der Waals surface area contributed by atoms with E-state index >= 15 is 0 Å². The smallest absolute Gasteiger partial charge is 0.123 e. The lowest BCUT2D eigenvalue weighted by Crippen LogP contribution is -2.10. The standard InChI is InChI=1S/C13H19FO2/c14-13-6-3-5-11(9-13)8-12(10-16)4-1-2-7-15/h3,5-6,9,12,15-16H,1-2,4,7-8,10H2/t12-/m1/s1.